The lowest BCUT2D eigenvalue weighted by atomic mass is 10.1. The molecule has 0 spiro atoms. The molecule has 1 aromatic carbocycles. The Balaban J connectivity index is 2.07. The van der Waals surface area contributed by atoms with Crippen LogP contribution in [0.1, 0.15) is 24.2 Å². The number of aromatic amines is 1. The molecule has 0 amide bonds. The number of nitrogens with one attached hydrogen (secondary N) is 1. The Labute approximate surface area is 131 Å². The van der Waals surface area contributed by atoms with Gasteiger partial charge < -0.3 is 9.84 Å². The second-order valence-corrected chi connectivity index (χ2v) is 5.32. The topological polar surface area (TPSA) is 96.7 Å². The van der Waals surface area contributed by atoms with Gasteiger partial charge in [0.25, 0.3) is 5.56 Å². The first-order valence-electron chi connectivity index (χ1n) is 7.07. The number of nitrogens with zero attached hydrogens (tertiary/aromatic N) is 2. The summed E-state index contributed by atoms with van der Waals surface area (Å²) in [6, 6.07) is 8.49. The zero-order valence-electron chi connectivity index (χ0n) is 12.6. The van der Waals surface area contributed by atoms with Crippen LogP contribution in [0.5, 0.6) is 5.75 Å². The van der Waals surface area contributed by atoms with Crippen LogP contribution >= 0.6 is 0 Å². The molecule has 2 heterocycles. The highest BCUT2D eigenvalue weighted by Gasteiger charge is 2.15. The maximum absolute atomic E-state index is 12.1. The first-order valence-corrected chi connectivity index (χ1v) is 7.07. The van der Waals surface area contributed by atoms with Gasteiger partial charge in [0.05, 0.1) is 11.8 Å². The van der Waals surface area contributed by atoms with Crippen LogP contribution in [-0.4, -0.2) is 31.8 Å². The van der Waals surface area contributed by atoms with E-state index in [0.29, 0.717) is 11.3 Å². The number of benzene rings is 1. The van der Waals surface area contributed by atoms with Crippen molar-refractivity contribution in [1.29, 1.82) is 0 Å². The van der Waals surface area contributed by atoms with Crippen LogP contribution in [0.4, 0.5) is 0 Å². The van der Waals surface area contributed by atoms with E-state index >= 15 is 0 Å². The van der Waals surface area contributed by atoms with E-state index in [2.05, 4.69) is 10.1 Å². The van der Waals surface area contributed by atoms with Gasteiger partial charge in [0.1, 0.15) is 11.3 Å². The van der Waals surface area contributed by atoms with Crippen molar-refractivity contribution < 1.29 is 14.6 Å². The molecule has 3 aromatic rings. The second kappa shape index (κ2) is 5.60. The van der Waals surface area contributed by atoms with Crippen molar-refractivity contribution in [2.24, 2.45) is 0 Å². The van der Waals surface area contributed by atoms with E-state index in [1.54, 1.807) is 24.3 Å². The van der Waals surface area contributed by atoms with E-state index in [9.17, 15) is 9.59 Å². The summed E-state index contributed by atoms with van der Waals surface area (Å²) in [5, 5.41) is 11.7. The molecule has 2 N–H and O–H groups in total. The average molecular weight is 313 g/mol. The Morgan fingerprint density at radius 2 is 2.00 bits per heavy atom. The molecule has 0 aliphatic carbocycles. The summed E-state index contributed by atoms with van der Waals surface area (Å²) in [6.07, 6.45) is 1.31. The molecule has 0 radical (unpaired) electrons. The van der Waals surface area contributed by atoms with E-state index < -0.39 is 5.97 Å². The molecule has 118 valence electrons. The van der Waals surface area contributed by atoms with Gasteiger partial charge in [0.15, 0.2) is 5.65 Å². The number of aromatic carboxylic acids is 1. The maximum Gasteiger partial charge on any atom is 0.341 e. The minimum Gasteiger partial charge on any atom is -0.491 e. The zero-order valence-corrected chi connectivity index (χ0v) is 12.6. The van der Waals surface area contributed by atoms with Crippen molar-refractivity contribution in [3.8, 4) is 17.0 Å². The highest BCUT2D eigenvalue weighted by atomic mass is 16.5. The first kappa shape index (κ1) is 14.8. The minimum atomic E-state index is -1.14. The number of rotatable bonds is 4. The maximum atomic E-state index is 12.1. The zero-order chi connectivity index (χ0) is 16.6. The van der Waals surface area contributed by atoms with Crippen LogP contribution in [0.3, 0.4) is 0 Å². The third-order valence-electron chi connectivity index (χ3n) is 3.25. The normalized spacial score (nSPS) is 11.1. The fraction of sp³-hybridized carbons (Fsp3) is 0.188. The summed E-state index contributed by atoms with van der Waals surface area (Å²) in [5.74, 6) is -0.428. The molecule has 0 fully saturated rings. The second-order valence-electron chi connectivity index (χ2n) is 5.32. The molecule has 23 heavy (non-hydrogen) atoms. The molecule has 2 aromatic heterocycles. The van der Waals surface area contributed by atoms with E-state index in [-0.39, 0.29) is 22.9 Å². The molecule has 0 aliphatic heterocycles. The van der Waals surface area contributed by atoms with Gasteiger partial charge in [-0.25, -0.2) is 14.3 Å². The molecule has 0 unspecified atom stereocenters. The molecule has 0 bridgehead atoms. The molecule has 3 rings (SSSR count). The van der Waals surface area contributed by atoms with Crippen LogP contribution in [0.15, 0.2) is 41.3 Å². The van der Waals surface area contributed by atoms with Crippen LogP contribution in [0, 0.1) is 0 Å². The lowest BCUT2D eigenvalue weighted by molar-refractivity contribution is 0.0698. The fourth-order valence-electron chi connectivity index (χ4n) is 2.26. The van der Waals surface area contributed by atoms with E-state index in [1.807, 2.05) is 13.8 Å². The molecule has 0 aliphatic rings. The number of carboxylic acids is 1. The Hall–Kier alpha value is -3.09. The summed E-state index contributed by atoms with van der Waals surface area (Å²) in [7, 11) is 0. The van der Waals surface area contributed by atoms with Crippen molar-refractivity contribution in [1.82, 2.24) is 14.6 Å². The quantitative estimate of drug-likeness (QED) is 0.769. The molecule has 0 saturated carbocycles. The number of carbonyl (C=O) groups is 1. The number of ether oxygens (including phenoxy) is 1. The van der Waals surface area contributed by atoms with Gasteiger partial charge in [0.2, 0.25) is 0 Å². The molecule has 0 atom stereocenters. The van der Waals surface area contributed by atoms with Gasteiger partial charge in [-0.2, -0.15) is 0 Å². The average Bonchev–Trinajstić information content (AvgIpc) is 2.92. The predicted octanol–water partition coefficient (Wildman–Crippen LogP) is 2.17. The monoisotopic (exact) mass is 313 g/mol. The Morgan fingerprint density at radius 1 is 1.30 bits per heavy atom. The highest BCUT2D eigenvalue weighted by Crippen LogP contribution is 2.21. The smallest absolute Gasteiger partial charge is 0.341 e. The number of carboxylic acid groups (broad SMARTS) is 1. The molecular formula is C16H15N3O4. The van der Waals surface area contributed by atoms with Gasteiger partial charge in [-0.05, 0) is 38.1 Å². The van der Waals surface area contributed by atoms with Crippen LogP contribution in [0.2, 0.25) is 0 Å². The largest absolute Gasteiger partial charge is 0.491 e. The third-order valence-corrected chi connectivity index (χ3v) is 3.25. The van der Waals surface area contributed by atoms with Crippen molar-refractivity contribution in [2.75, 3.05) is 0 Å². The number of aromatic nitrogens is 3. The minimum absolute atomic E-state index is 0.0521. The van der Waals surface area contributed by atoms with Crippen molar-refractivity contribution in [2.45, 2.75) is 20.0 Å². The lowest BCUT2D eigenvalue weighted by Crippen LogP contribution is -2.15. The van der Waals surface area contributed by atoms with Gasteiger partial charge in [-0.1, -0.05) is 0 Å². The Bertz CT molecular complexity index is 923. The van der Waals surface area contributed by atoms with Gasteiger partial charge in [-0.3, -0.25) is 9.89 Å². The van der Waals surface area contributed by atoms with Crippen LogP contribution in [0.25, 0.3) is 16.9 Å². The first-order chi connectivity index (χ1) is 11.0. The number of fused-ring (bicyclic) bond motifs is 1. The van der Waals surface area contributed by atoms with E-state index in [0.717, 1.165) is 10.3 Å². The Morgan fingerprint density at radius 3 is 2.61 bits per heavy atom. The Kier molecular flexibility index (Phi) is 3.61. The third kappa shape index (κ3) is 2.80. The van der Waals surface area contributed by atoms with E-state index in [4.69, 9.17) is 9.84 Å². The van der Waals surface area contributed by atoms with Crippen molar-refractivity contribution in [3.05, 3.63) is 52.4 Å². The molecule has 7 heteroatoms. The van der Waals surface area contributed by atoms with Crippen LogP contribution < -0.4 is 10.3 Å². The van der Waals surface area contributed by atoms with Gasteiger partial charge in [0, 0.05) is 17.8 Å². The van der Waals surface area contributed by atoms with Crippen LogP contribution in [-0.2, 0) is 0 Å². The van der Waals surface area contributed by atoms with E-state index in [1.165, 1.54) is 12.3 Å². The van der Waals surface area contributed by atoms with Crippen molar-refractivity contribution >= 4 is 11.6 Å². The summed E-state index contributed by atoms with van der Waals surface area (Å²) in [4.78, 5) is 27.6. The van der Waals surface area contributed by atoms with Gasteiger partial charge in [-0.15, -0.1) is 0 Å². The van der Waals surface area contributed by atoms with Crippen molar-refractivity contribution in [3.63, 3.8) is 0 Å². The lowest BCUT2D eigenvalue weighted by Gasteiger charge is -2.10. The van der Waals surface area contributed by atoms with Gasteiger partial charge >= 0.3 is 5.97 Å². The summed E-state index contributed by atoms with van der Waals surface area (Å²) in [5.41, 5.74) is 0.776. The summed E-state index contributed by atoms with van der Waals surface area (Å²) >= 11 is 0. The number of hydrogen-bond donors (Lipinski definition) is 2. The predicted molar refractivity (Wildman–Crippen MR) is 84.0 cm³/mol. The summed E-state index contributed by atoms with van der Waals surface area (Å²) < 4.78 is 6.67. The number of H-pyrrole nitrogens is 1. The SMILES string of the molecule is CC(C)Oc1ccc(-c2cc(=O)n3[nH]cc(C(=O)O)c3n2)cc1. The fourth-order valence-corrected chi connectivity index (χ4v) is 2.26. The molecule has 7 nitrogen and oxygen atoms in total. The number of hydrogen-bond acceptors (Lipinski definition) is 4. The highest BCUT2D eigenvalue weighted by molar-refractivity contribution is 5.94. The molecular weight excluding hydrogens is 298 g/mol. The standard InChI is InChI=1S/C16H15N3O4/c1-9(2)23-11-5-3-10(4-6-11)13-7-14(20)19-15(18-13)12(8-17-19)16(21)22/h3-9,17H,1-2H3,(H,21,22). The molecule has 0 saturated heterocycles. The summed E-state index contributed by atoms with van der Waals surface area (Å²) in [6.45, 7) is 3.87.